The van der Waals surface area contributed by atoms with Gasteiger partial charge in [0.25, 0.3) is 0 Å². The molecule has 0 saturated heterocycles. The van der Waals surface area contributed by atoms with Crippen molar-refractivity contribution in [3.8, 4) is 0 Å². The average Bonchev–Trinajstić information content (AvgIpc) is 1.85. The smallest absolute Gasteiger partial charge is 0.123 e. The van der Waals surface area contributed by atoms with E-state index in [1.807, 2.05) is 0 Å². The molecule has 0 spiro atoms. The van der Waals surface area contributed by atoms with Gasteiger partial charge in [0.1, 0.15) is 6.29 Å². The molecule has 0 aromatic rings. The Bertz CT molecular complexity index is 158. The maximum absolute atomic E-state index is 10.4. The van der Waals surface area contributed by atoms with Gasteiger partial charge in [-0.2, -0.15) is 0 Å². The summed E-state index contributed by atoms with van der Waals surface area (Å²) in [5.41, 5.74) is 1.37. The summed E-state index contributed by atoms with van der Waals surface area (Å²) in [6.07, 6.45) is 5.38. The molecule has 0 unspecified atom stereocenters. The molecule has 1 aliphatic rings. The molecule has 1 aliphatic carbocycles. The van der Waals surface area contributed by atoms with Crippen molar-refractivity contribution >= 4 is 6.29 Å². The van der Waals surface area contributed by atoms with Gasteiger partial charge in [0, 0.05) is 5.92 Å². The van der Waals surface area contributed by atoms with Gasteiger partial charge >= 0.3 is 0 Å². The summed E-state index contributed by atoms with van der Waals surface area (Å²) in [6, 6.07) is 0. The van der Waals surface area contributed by atoms with Crippen LogP contribution in [0.25, 0.3) is 0 Å². The second kappa shape index (κ2) is 3.00. The van der Waals surface area contributed by atoms with Crippen LogP contribution < -0.4 is 0 Å². The lowest BCUT2D eigenvalue weighted by Gasteiger charge is -2.20. The van der Waals surface area contributed by atoms with Crippen LogP contribution in [0.1, 0.15) is 26.7 Å². The minimum absolute atomic E-state index is 0.292. The van der Waals surface area contributed by atoms with Gasteiger partial charge in [-0.25, -0.2) is 0 Å². The Balaban J connectivity index is 2.60. The number of hydrogen-bond donors (Lipinski definition) is 0. The second-order valence-corrected chi connectivity index (χ2v) is 3.33. The van der Waals surface area contributed by atoms with Gasteiger partial charge in [-0.3, -0.25) is 0 Å². The van der Waals surface area contributed by atoms with Crippen LogP contribution in [-0.2, 0) is 4.79 Å². The fraction of sp³-hybridized carbons (Fsp3) is 0.667. The van der Waals surface area contributed by atoms with E-state index in [0.29, 0.717) is 11.8 Å². The first-order valence-electron chi connectivity index (χ1n) is 3.85. The lowest BCUT2D eigenvalue weighted by atomic mass is 9.85. The third-order valence-electron chi connectivity index (χ3n) is 2.02. The third kappa shape index (κ3) is 1.69. The molecule has 0 bridgehead atoms. The number of hydrogen-bond acceptors (Lipinski definition) is 1. The predicted molar refractivity (Wildman–Crippen MR) is 41.7 cm³/mol. The van der Waals surface area contributed by atoms with E-state index < -0.39 is 0 Å². The van der Waals surface area contributed by atoms with E-state index in [1.54, 1.807) is 0 Å². The summed E-state index contributed by atoms with van der Waals surface area (Å²) < 4.78 is 0. The Labute approximate surface area is 62.1 Å². The highest BCUT2D eigenvalue weighted by molar-refractivity contribution is 5.54. The lowest BCUT2D eigenvalue weighted by molar-refractivity contribution is -0.111. The minimum atomic E-state index is 0.292. The molecule has 0 saturated carbocycles. The highest BCUT2D eigenvalue weighted by Crippen LogP contribution is 2.25. The standard InChI is InChI=1S/C9H14O/c1-7-3-8(2)5-9(4-7)6-10/h3,6-7,9H,4-5H2,1-2H3/t7-,9-/m1/s1. The topological polar surface area (TPSA) is 17.1 Å². The van der Waals surface area contributed by atoms with E-state index in [1.165, 1.54) is 5.57 Å². The van der Waals surface area contributed by atoms with Crippen LogP contribution in [0.4, 0.5) is 0 Å². The first-order chi connectivity index (χ1) is 4.72. The third-order valence-corrected chi connectivity index (χ3v) is 2.02. The zero-order valence-electron chi connectivity index (χ0n) is 6.63. The van der Waals surface area contributed by atoms with Crippen LogP contribution in [0, 0.1) is 11.8 Å². The van der Waals surface area contributed by atoms with Crippen molar-refractivity contribution in [1.82, 2.24) is 0 Å². The summed E-state index contributed by atoms with van der Waals surface area (Å²) in [7, 11) is 0. The van der Waals surface area contributed by atoms with Gasteiger partial charge in [-0.1, -0.05) is 18.6 Å². The van der Waals surface area contributed by atoms with E-state index in [9.17, 15) is 4.79 Å². The van der Waals surface area contributed by atoms with Crippen molar-refractivity contribution in [3.63, 3.8) is 0 Å². The van der Waals surface area contributed by atoms with Crippen LogP contribution >= 0.6 is 0 Å². The molecule has 0 fully saturated rings. The van der Waals surface area contributed by atoms with Gasteiger partial charge in [-0.15, -0.1) is 0 Å². The van der Waals surface area contributed by atoms with Crippen LogP contribution in [0.2, 0.25) is 0 Å². The molecular weight excluding hydrogens is 124 g/mol. The molecule has 1 rings (SSSR count). The summed E-state index contributed by atoms with van der Waals surface area (Å²) in [6.45, 7) is 4.27. The first kappa shape index (κ1) is 7.52. The summed E-state index contributed by atoms with van der Waals surface area (Å²) in [5, 5.41) is 0. The maximum Gasteiger partial charge on any atom is 0.123 e. The van der Waals surface area contributed by atoms with Crippen molar-refractivity contribution in [2.75, 3.05) is 0 Å². The van der Waals surface area contributed by atoms with Gasteiger partial charge in [0.05, 0.1) is 0 Å². The van der Waals surface area contributed by atoms with Crippen molar-refractivity contribution in [2.24, 2.45) is 11.8 Å². The molecule has 0 radical (unpaired) electrons. The van der Waals surface area contributed by atoms with Crippen LogP contribution in [-0.4, -0.2) is 6.29 Å². The molecule has 56 valence electrons. The molecule has 1 nitrogen and oxygen atoms in total. The predicted octanol–water partition coefficient (Wildman–Crippen LogP) is 2.18. The molecular formula is C9H14O. The van der Waals surface area contributed by atoms with E-state index in [-0.39, 0.29) is 0 Å². The lowest BCUT2D eigenvalue weighted by Crippen LogP contribution is -2.12. The monoisotopic (exact) mass is 138 g/mol. The minimum Gasteiger partial charge on any atom is -0.303 e. The molecule has 0 aliphatic heterocycles. The molecule has 0 aromatic carbocycles. The van der Waals surface area contributed by atoms with Gasteiger partial charge in [-0.05, 0) is 25.7 Å². The summed E-state index contributed by atoms with van der Waals surface area (Å²) >= 11 is 0. The molecule has 1 heteroatoms. The number of carbonyl (C=O) groups is 1. The zero-order chi connectivity index (χ0) is 7.56. The van der Waals surface area contributed by atoms with E-state index >= 15 is 0 Å². The largest absolute Gasteiger partial charge is 0.303 e. The molecule has 0 aromatic heterocycles. The zero-order valence-corrected chi connectivity index (χ0v) is 6.63. The first-order valence-corrected chi connectivity index (χ1v) is 3.85. The molecule has 0 N–H and O–H groups in total. The van der Waals surface area contributed by atoms with Crippen molar-refractivity contribution in [1.29, 1.82) is 0 Å². The number of allylic oxidation sites excluding steroid dienone is 2. The summed E-state index contributed by atoms with van der Waals surface area (Å²) in [4.78, 5) is 10.4. The van der Waals surface area contributed by atoms with E-state index in [4.69, 9.17) is 0 Å². The van der Waals surface area contributed by atoms with Crippen LogP contribution in [0.5, 0.6) is 0 Å². The normalized spacial score (nSPS) is 33.2. The Morgan fingerprint density at radius 1 is 1.70 bits per heavy atom. The highest BCUT2D eigenvalue weighted by atomic mass is 16.1. The second-order valence-electron chi connectivity index (χ2n) is 3.33. The molecule has 10 heavy (non-hydrogen) atoms. The molecule has 2 atom stereocenters. The Kier molecular flexibility index (Phi) is 2.25. The van der Waals surface area contributed by atoms with Crippen molar-refractivity contribution < 1.29 is 4.79 Å². The number of rotatable bonds is 1. The van der Waals surface area contributed by atoms with Crippen molar-refractivity contribution in [3.05, 3.63) is 11.6 Å². The molecule has 0 heterocycles. The van der Waals surface area contributed by atoms with Gasteiger partial charge in [0.2, 0.25) is 0 Å². The van der Waals surface area contributed by atoms with Gasteiger partial charge < -0.3 is 4.79 Å². The summed E-state index contributed by atoms with van der Waals surface area (Å²) in [5.74, 6) is 0.893. The quantitative estimate of drug-likeness (QED) is 0.401. The van der Waals surface area contributed by atoms with E-state index in [0.717, 1.165) is 19.1 Å². The van der Waals surface area contributed by atoms with Gasteiger partial charge in [0.15, 0.2) is 0 Å². The molecule has 0 amide bonds. The number of aldehydes is 1. The van der Waals surface area contributed by atoms with E-state index in [2.05, 4.69) is 19.9 Å². The van der Waals surface area contributed by atoms with Crippen molar-refractivity contribution in [2.45, 2.75) is 26.7 Å². The SMILES string of the molecule is CC1=C[C@@H](C)C[C@@H](C=O)C1. The number of carbonyl (C=O) groups excluding carboxylic acids is 1. The Hall–Kier alpha value is -0.590. The van der Waals surface area contributed by atoms with Crippen LogP contribution in [0.15, 0.2) is 11.6 Å². The fourth-order valence-corrected chi connectivity index (χ4v) is 1.70. The maximum atomic E-state index is 10.4. The van der Waals surface area contributed by atoms with Crippen LogP contribution in [0.3, 0.4) is 0 Å². The average molecular weight is 138 g/mol. The Morgan fingerprint density at radius 3 is 2.90 bits per heavy atom. The highest BCUT2D eigenvalue weighted by Gasteiger charge is 2.16. The Morgan fingerprint density at radius 2 is 2.40 bits per heavy atom. The fourth-order valence-electron chi connectivity index (χ4n) is 1.70.